The third kappa shape index (κ3) is 6.27. The van der Waals surface area contributed by atoms with E-state index in [4.69, 9.17) is 9.47 Å². The number of hydrogen-bond donors (Lipinski definition) is 0. The van der Waals surface area contributed by atoms with Crippen molar-refractivity contribution >= 4 is 26.7 Å². The largest absolute Gasteiger partial charge is 0.493 e. The van der Waals surface area contributed by atoms with Gasteiger partial charge in [-0.3, -0.25) is 0 Å². The van der Waals surface area contributed by atoms with Gasteiger partial charge in [0, 0.05) is 41.2 Å². The number of sulfone groups is 1. The van der Waals surface area contributed by atoms with Gasteiger partial charge in [-0.15, -0.1) is 11.3 Å². The summed E-state index contributed by atoms with van der Waals surface area (Å²) in [6.07, 6.45) is 4.90. The molecule has 2 aromatic rings. The Labute approximate surface area is 183 Å². The van der Waals surface area contributed by atoms with Crippen LogP contribution in [0.25, 0.3) is 16.1 Å². The van der Waals surface area contributed by atoms with Crippen molar-refractivity contribution in [2.45, 2.75) is 26.7 Å². The molecule has 2 heterocycles. The van der Waals surface area contributed by atoms with E-state index in [9.17, 15) is 8.42 Å². The minimum Gasteiger partial charge on any atom is -0.493 e. The van der Waals surface area contributed by atoms with E-state index in [1.54, 1.807) is 24.3 Å². The van der Waals surface area contributed by atoms with Crippen LogP contribution in [0.5, 0.6) is 5.75 Å². The Kier molecular flexibility index (Phi) is 7.86. The average molecular weight is 448 g/mol. The van der Waals surface area contributed by atoms with Crippen molar-refractivity contribution in [3.8, 4) is 16.3 Å². The molecule has 2 atom stereocenters. The Hall–Kier alpha value is -1.96. The zero-order valence-electron chi connectivity index (χ0n) is 17.5. The molecule has 0 saturated carbocycles. The molecule has 0 spiro atoms. The predicted octanol–water partition coefficient (Wildman–Crippen LogP) is 5.21. The molecule has 0 aliphatic carbocycles. The van der Waals surface area contributed by atoms with Crippen molar-refractivity contribution in [3.63, 3.8) is 0 Å². The third-order valence-electron chi connectivity index (χ3n) is 5.24. The number of ether oxygens (including phenoxy) is 2. The van der Waals surface area contributed by atoms with Crippen LogP contribution in [-0.4, -0.2) is 39.0 Å². The standard InChI is InChI=1S/C23H29NO4S2/c1-4-12-30(25,26)13-10-20-15-27-11-9-19(20)16-28-21-7-5-18(6-8-21)23-24-14-22(29-23)17(2)3/h4-8,12,14,19-20H,2,9-11,13,15-16H2,1,3H3/b12-4+/t19-,20?/m1/s1. The number of allylic oxidation sites excluding steroid dienone is 2. The number of nitrogens with zero attached hydrogens (tertiary/aromatic N) is 1. The molecule has 1 aromatic carbocycles. The molecule has 1 aliphatic heterocycles. The molecule has 1 aliphatic rings. The van der Waals surface area contributed by atoms with Crippen LogP contribution in [0.2, 0.25) is 0 Å². The first kappa shape index (κ1) is 22.7. The second-order valence-corrected chi connectivity index (χ2v) is 10.7. The lowest BCUT2D eigenvalue weighted by molar-refractivity contribution is -0.000140. The van der Waals surface area contributed by atoms with Gasteiger partial charge >= 0.3 is 0 Å². The molecule has 7 heteroatoms. The van der Waals surface area contributed by atoms with E-state index in [2.05, 4.69) is 11.6 Å². The highest BCUT2D eigenvalue weighted by atomic mass is 32.2. The monoisotopic (exact) mass is 447 g/mol. The molecule has 3 rings (SSSR count). The van der Waals surface area contributed by atoms with Gasteiger partial charge in [0.15, 0.2) is 9.84 Å². The van der Waals surface area contributed by atoms with Gasteiger partial charge < -0.3 is 9.47 Å². The van der Waals surface area contributed by atoms with E-state index < -0.39 is 9.84 Å². The van der Waals surface area contributed by atoms with Crippen LogP contribution >= 0.6 is 11.3 Å². The SMILES string of the molecule is C=C(C)c1cnc(-c2ccc(OC[C@H]3CCOCC3CCS(=O)(=O)/C=C/C)cc2)s1. The molecule has 1 aromatic heterocycles. The van der Waals surface area contributed by atoms with Crippen LogP contribution < -0.4 is 4.74 Å². The maximum Gasteiger partial charge on any atom is 0.171 e. The fourth-order valence-corrected chi connectivity index (χ4v) is 5.50. The van der Waals surface area contributed by atoms with Crippen LogP contribution in [0, 0.1) is 11.8 Å². The summed E-state index contributed by atoms with van der Waals surface area (Å²) in [7, 11) is -3.14. The normalized spacial score (nSPS) is 19.8. The molecule has 5 nitrogen and oxygen atoms in total. The van der Waals surface area contributed by atoms with Gasteiger partial charge in [-0.05, 0) is 62.4 Å². The van der Waals surface area contributed by atoms with Gasteiger partial charge in [0.05, 0.1) is 12.4 Å². The lowest BCUT2D eigenvalue weighted by Crippen LogP contribution is -2.32. The number of rotatable bonds is 9. The zero-order valence-corrected chi connectivity index (χ0v) is 19.2. The van der Waals surface area contributed by atoms with Crippen LogP contribution in [0.15, 0.2) is 48.5 Å². The van der Waals surface area contributed by atoms with Crippen molar-refractivity contribution in [1.82, 2.24) is 4.98 Å². The molecule has 0 N–H and O–H groups in total. The maximum atomic E-state index is 12.0. The topological polar surface area (TPSA) is 65.5 Å². The number of aromatic nitrogens is 1. The minimum absolute atomic E-state index is 0.149. The second kappa shape index (κ2) is 10.4. The van der Waals surface area contributed by atoms with Gasteiger partial charge in [-0.2, -0.15) is 0 Å². The highest BCUT2D eigenvalue weighted by Crippen LogP contribution is 2.30. The Balaban J connectivity index is 1.57. The Morgan fingerprint density at radius 1 is 1.33 bits per heavy atom. The van der Waals surface area contributed by atoms with Crippen molar-refractivity contribution in [3.05, 3.63) is 53.4 Å². The van der Waals surface area contributed by atoms with Crippen molar-refractivity contribution in [2.24, 2.45) is 11.8 Å². The molecular formula is C23H29NO4S2. The lowest BCUT2D eigenvalue weighted by atomic mass is 9.87. The second-order valence-electron chi connectivity index (χ2n) is 7.65. The van der Waals surface area contributed by atoms with Gasteiger partial charge in [-0.1, -0.05) is 12.7 Å². The van der Waals surface area contributed by atoms with Crippen LogP contribution in [-0.2, 0) is 14.6 Å². The first-order chi connectivity index (χ1) is 14.4. The predicted molar refractivity (Wildman–Crippen MR) is 123 cm³/mol. The summed E-state index contributed by atoms with van der Waals surface area (Å²) < 4.78 is 35.6. The van der Waals surface area contributed by atoms with Crippen molar-refractivity contribution in [2.75, 3.05) is 25.6 Å². The summed E-state index contributed by atoms with van der Waals surface area (Å²) in [6, 6.07) is 7.95. The number of thiazole rings is 1. The van der Waals surface area contributed by atoms with Crippen LogP contribution in [0.3, 0.4) is 0 Å². The van der Waals surface area contributed by atoms with Crippen molar-refractivity contribution in [1.29, 1.82) is 0 Å². The van der Waals surface area contributed by atoms with Crippen molar-refractivity contribution < 1.29 is 17.9 Å². The molecule has 1 unspecified atom stereocenters. The summed E-state index contributed by atoms with van der Waals surface area (Å²) in [6.45, 7) is 9.51. The molecule has 0 amide bonds. The highest BCUT2D eigenvalue weighted by Gasteiger charge is 2.27. The van der Waals surface area contributed by atoms with E-state index in [1.807, 2.05) is 37.4 Å². The molecular weight excluding hydrogens is 418 g/mol. The van der Waals surface area contributed by atoms with E-state index in [-0.39, 0.29) is 17.6 Å². The molecule has 1 saturated heterocycles. The zero-order chi connectivity index (χ0) is 21.6. The smallest absolute Gasteiger partial charge is 0.171 e. The molecule has 0 bridgehead atoms. The van der Waals surface area contributed by atoms with Gasteiger partial charge in [0.2, 0.25) is 0 Å². The summed E-state index contributed by atoms with van der Waals surface area (Å²) >= 11 is 1.63. The molecule has 30 heavy (non-hydrogen) atoms. The maximum absolute atomic E-state index is 12.0. The van der Waals surface area contributed by atoms with Crippen LogP contribution in [0.1, 0.15) is 31.6 Å². The summed E-state index contributed by atoms with van der Waals surface area (Å²) in [5.41, 5.74) is 2.07. The summed E-state index contributed by atoms with van der Waals surface area (Å²) in [5, 5.41) is 2.25. The number of benzene rings is 1. The minimum atomic E-state index is -3.14. The quantitative estimate of drug-likeness (QED) is 0.528. The molecule has 0 radical (unpaired) electrons. The number of hydrogen-bond acceptors (Lipinski definition) is 6. The van der Waals surface area contributed by atoms with Gasteiger partial charge in [0.1, 0.15) is 10.8 Å². The van der Waals surface area contributed by atoms with E-state index in [0.29, 0.717) is 26.2 Å². The van der Waals surface area contributed by atoms with E-state index in [0.717, 1.165) is 33.2 Å². The Bertz CT molecular complexity index is 977. The summed E-state index contributed by atoms with van der Waals surface area (Å²) in [4.78, 5) is 5.56. The average Bonchev–Trinajstić information content (AvgIpc) is 3.22. The Morgan fingerprint density at radius 2 is 2.10 bits per heavy atom. The van der Waals surface area contributed by atoms with Crippen LogP contribution in [0.4, 0.5) is 0 Å². The fraction of sp³-hybridized carbons (Fsp3) is 0.435. The van der Waals surface area contributed by atoms with E-state index in [1.165, 1.54) is 5.41 Å². The van der Waals surface area contributed by atoms with Gasteiger partial charge in [-0.25, -0.2) is 13.4 Å². The Morgan fingerprint density at radius 3 is 2.77 bits per heavy atom. The summed E-state index contributed by atoms with van der Waals surface area (Å²) in [5.74, 6) is 1.43. The fourth-order valence-electron chi connectivity index (χ4n) is 3.47. The molecule has 162 valence electrons. The lowest BCUT2D eigenvalue weighted by Gasteiger charge is -2.31. The van der Waals surface area contributed by atoms with Gasteiger partial charge in [0.25, 0.3) is 0 Å². The first-order valence-corrected chi connectivity index (χ1v) is 12.7. The third-order valence-corrected chi connectivity index (χ3v) is 7.94. The first-order valence-electron chi connectivity index (χ1n) is 10.2. The van der Waals surface area contributed by atoms with E-state index >= 15 is 0 Å². The highest BCUT2D eigenvalue weighted by molar-refractivity contribution is 7.94. The molecule has 1 fully saturated rings.